The molecule has 0 aliphatic heterocycles. The second-order valence-electron chi connectivity index (χ2n) is 5.18. The summed E-state index contributed by atoms with van der Waals surface area (Å²) in [5.41, 5.74) is 9.65. The van der Waals surface area contributed by atoms with E-state index in [9.17, 15) is 0 Å². The highest BCUT2D eigenvalue weighted by molar-refractivity contribution is 9.10. The number of nitrogens with zero attached hydrogens (tertiary/aromatic N) is 1. The van der Waals surface area contributed by atoms with Gasteiger partial charge in [0.05, 0.1) is 6.26 Å². The molecule has 0 amide bonds. The number of furan rings is 1. The highest BCUT2D eigenvalue weighted by Crippen LogP contribution is 2.26. The van der Waals surface area contributed by atoms with Crippen molar-refractivity contribution in [3.63, 3.8) is 0 Å². The summed E-state index contributed by atoms with van der Waals surface area (Å²) in [5.74, 6) is 0.970. The summed E-state index contributed by atoms with van der Waals surface area (Å²) in [5, 5.41) is 0. The smallest absolute Gasteiger partial charge is 0.105 e. The van der Waals surface area contributed by atoms with Gasteiger partial charge in [-0.3, -0.25) is 4.90 Å². The van der Waals surface area contributed by atoms with Gasteiger partial charge in [-0.15, -0.1) is 0 Å². The molecule has 0 aliphatic rings. The molecule has 0 spiro atoms. The minimum atomic E-state index is 0.196. The maximum Gasteiger partial charge on any atom is 0.105 e. The highest BCUT2D eigenvalue weighted by Gasteiger charge is 2.17. The first-order valence-electron chi connectivity index (χ1n) is 6.72. The molecule has 0 aliphatic carbocycles. The van der Waals surface area contributed by atoms with E-state index in [1.165, 1.54) is 16.7 Å². The molecule has 1 aromatic heterocycles. The molecular formula is C16H21BrN2O. The van der Waals surface area contributed by atoms with Crippen LogP contribution in [-0.4, -0.2) is 18.5 Å². The summed E-state index contributed by atoms with van der Waals surface area (Å²) < 4.78 is 6.48. The SMILES string of the molecule is Cc1ccc(C(CN)N(C)Cc2ccoc2C)cc1Br. The lowest BCUT2D eigenvalue weighted by Crippen LogP contribution is -2.30. The molecule has 3 nitrogen and oxygen atoms in total. The van der Waals surface area contributed by atoms with Gasteiger partial charge in [-0.2, -0.15) is 0 Å². The number of hydrogen-bond acceptors (Lipinski definition) is 3. The summed E-state index contributed by atoms with van der Waals surface area (Å²) in [4.78, 5) is 2.26. The summed E-state index contributed by atoms with van der Waals surface area (Å²) in [6.45, 7) is 5.49. The second kappa shape index (κ2) is 6.57. The number of aryl methyl sites for hydroxylation is 2. The normalized spacial score (nSPS) is 12.9. The first-order valence-corrected chi connectivity index (χ1v) is 7.51. The van der Waals surface area contributed by atoms with Crippen molar-refractivity contribution < 1.29 is 4.42 Å². The Labute approximate surface area is 128 Å². The van der Waals surface area contributed by atoms with E-state index < -0.39 is 0 Å². The molecule has 108 valence electrons. The van der Waals surface area contributed by atoms with Gasteiger partial charge in [0.1, 0.15) is 5.76 Å². The Kier molecular flexibility index (Phi) is 5.02. The average molecular weight is 337 g/mol. The van der Waals surface area contributed by atoms with E-state index in [-0.39, 0.29) is 6.04 Å². The quantitative estimate of drug-likeness (QED) is 0.903. The average Bonchev–Trinajstić information content (AvgIpc) is 2.80. The van der Waals surface area contributed by atoms with Crippen LogP contribution >= 0.6 is 15.9 Å². The highest BCUT2D eigenvalue weighted by atomic mass is 79.9. The van der Waals surface area contributed by atoms with Gasteiger partial charge in [0.2, 0.25) is 0 Å². The summed E-state index contributed by atoms with van der Waals surface area (Å²) in [7, 11) is 2.09. The topological polar surface area (TPSA) is 42.4 Å². The van der Waals surface area contributed by atoms with Gasteiger partial charge in [0.25, 0.3) is 0 Å². The lowest BCUT2D eigenvalue weighted by molar-refractivity contribution is 0.240. The van der Waals surface area contributed by atoms with Crippen molar-refractivity contribution in [3.05, 3.63) is 57.5 Å². The third-order valence-electron chi connectivity index (χ3n) is 3.72. The third-order valence-corrected chi connectivity index (χ3v) is 4.58. The molecule has 2 rings (SSSR count). The van der Waals surface area contributed by atoms with Crippen LogP contribution in [0.15, 0.2) is 39.4 Å². The van der Waals surface area contributed by atoms with Crippen LogP contribution in [0, 0.1) is 13.8 Å². The molecule has 1 atom stereocenters. The van der Waals surface area contributed by atoms with E-state index in [0.29, 0.717) is 6.54 Å². The zero-order chi connectivity index (χ0) is 14.7. The fraction of sp³-hybridized carbons (Fsp3) is 0.375. The largest absolute Gasteiger partial charge is 0.469 e. The molecule has 0 saturated heterocycles. The minimum Gasteiger partial charge on any atom is -0.469 e. The van der Waals surface area contributed by atoms with E-state index >= 15 is 0 Å². The lowest BCUT2D eigenvalue weighted by atomic mass is 10.0. The van der Waals surface area contributed by atoms with Crippen molar-refractivity contribution in [2.45, 2.75) is 26.4 Å². The van der Waals surface area contributed by atoms with Crippen LogP contribution in [0.25, 0.3) is 0 Å². The van der Waals surface area contributed by atoms with Crippen LogP contribution in [0.5, 0.6) is 0 Å². The van der Waals surface area contributed by atoms with Crippen LogP contribution < -0.4 is 5.73 Å². The third kappa shape index (κ3) is 3.32. The molecule has 0 saturated carbocycles. The molecule has 0 radical (unpaired) electrons. The van der Waals surface area contributed by atoms with Crippen molar-refractivity contribution in [3.8, 4) is 0 Å². The number of nitrogens with two attached hydrogens (primary N) is 1. The Morgan fingerprint density at radius 3 is 2.60 bits per heavy atom. The molecule has 0 fully saturated rings. The Balaban J connectivity index is 2.18. The summed E-state index contributed by atoms with van der Waals surface area (Å²) >= 11 is 3.59. The predicted octanol–water partition coefficient (Wildman–Crippen LogP) is 3.79. The van der Waals surface area contributed by atoms with Gasteiger partial charge in [-0.1, -0.05) is 28.1 Å². The van der Waals surface area contributed by atoms with Crippen LogP contribution in [0.3, 0.4) is 0 Å². The first-order chi connectivity index (χ1) is 9.52. The number of halogens is 1. The van der Waals surface area contributed by atoms with Gasteiger partial charge in [-0.05, 0) is 44.2 Å². The van der Waals surface area contributed by atoms with Crippen molar-refractivity contribution in [1.82, 2.24) is 4.90 Å². The van der Waals surface area contributed by atoms with Crippen molar-refractivity contribution in [2.24, 2.45) is 5.73 Å². The summed E-state index contributed by atoms with van der Waals surface area (Å²) in [6, 6.07) is 8.65. The zero-order valence-electron chi connectivity index (χ0n) is 12.2. The predicted molar refractivity (Wildman–Crippen MR) is 85.6 cm³/mol. The first kappa shape index (κ1) is 15.3. The lowest BCUT2D eigenvalue weighted by Gasteiger charge is -2.27. The maximum absolute atomic E-state index is 5.98. The molecule has 2 N–H and O–H groups in total. The zero-order valence-corrected chi connectivity index (χ0v) is 13.8. The van der Waals surface area contributed by atoms with E-state index in [1.54, 1.807) is 6.26 Å². The van der Waals surface area contributed by atoms with E-state index in [0.717, 1.165) is 16.8 Å². The van der Waals surface area contributed by atoms with Crippen LogP contribution in [0.2, 0.25) is 0 Å². The van der Waals surface area contributed by atoms with Crippen LogP contribution in [0.1, 0.15) is 28.5 Å². The van der Waals surface area contributed by atoms with Crippen molar-refractivity contribution >= 4 is 15.9 Å². The molecule has 2 aromatic rings. The van der Waals surface area contributed by atoms with E-state index in [4.69, 9.17) is 10.2 Å². The molecular weight excluding hydrogens is 316 g/mol. The number of likely N-dealkylation sites (N-methyl/N-ethyl adjacent to an activating group) is 1. The Morgan fingerprint density at radius 1 is 1.30 bits per heavy atom. The summed E-state index contributed by atoms with van der Waals surface area (Å²) in [6.07, 6.45) is 1.73. The van der Waals surface area contributed by atoms with Crippen molar-refractivity contribution in [1.29, 1.82) is 0 Å². The van der Waals surface area contributed by atoms with Crippen LogP contribution in [-0.2, 0) is 6.54 Å². The van der Waals surface area contributed by atoms with Crippen LogP contribution in [0.4, 0.5) is 0 Å². The second-order valence-corrected chi connectivity index (χ2v) is 6.03. The monoisotopic (exact) mass is 336 g/mol. The molecule has 1 aromatic carbocycles. The Bertz CT molecular complexity index is 580. The molecule has 1 heterocycles. The maximum atomic E-state index is 5.98. The Hall–Kier alpha value is -1.10. The standard InChI is InChI=1S/C16H21BrN2O/c1-11-4-5-13(8-15(11)17)16(9-18)19(3)10-14-6-7-20-12(14)2/h4-8,16H,9-10,18H2,1-3H3. The van der Waals surface area contributed by atoms with Gasteiger partial charge in [-0.25, -0.2) is 0 Å². The van der Waals surface area contributed by atoms with E-state index in [2.05, 4.69) is 53.0 Å². The van der Waals surface area contributed by atoms with Gasteiger partial charge < -0.3 is 10.2 Å². The van der Waals surface area contributed by atoms with Crippen molar-refractivity contribution in [2.75, 3.05) is 13.6 Å². The van der Waals surface area contributed by atoms with Gasteiger partial charge in [0, 0.05) is 29.2 Å². The minimum absolute atomic E-state index is 0.196. The number of rotatable bonds is 5. The fourth-order valence-electron chi connectivity index (χ4n) is 2.34. The van der Waals surface area contributed by atoms with Gasteiger partial charge in [0.15, 0.2) is 0 Å². The molecule has 20 heavy (non-hydrogen) atoms. The van der Waals surface area contributed by atoms with E-state index in [1.807, 2.05) is 13.0 Å². The molecule has 0 bridgehead atoms. The number of hydrogen-bond donors (Lipinski definition) is 1. The molecule has 4 heteroatoms. The fourth-order valence-corrected chi connectivity index (χ4v) is 2.74. The molecule has 1 unspecified atom stereocenters. The Morgan fingerprint density at radius 2 is 2.05 bits per heavy atom. The number of benzene rings is 1. The van der Waals surface area contributed by atoms with Gasteiger partial charge >= 0.3 is 0 Å².